The highest BCUT2D eigenvalue weighted by Crippen LogP contribution is 2.23. The van der Waals surface area contributed by atoms with E-state index in [0.29, 0.717) is 6.54 Å². The first kappa shape index (κ1) is 13.1. The minimum Gasteiger partial charge on any atom is -0.328 e. The van der Waals surface area contributed by atoms with Gasteiger partial charge in [0.2, 0.25) is 0 Å². The van der Waals surface area contributed by atoms with E-state index in [4.69, 9.17) is 5.73 Å². The van der Waals surface area contributed by atoms with Crippen molar-refractivity contribution in [3.05, 3.63) is 52.8 Å². The second-order valence-corrected chi connectivity index (χ2v) is 5.38. The summed E-state index contributed by atoms with van der Waals surface area (Å²) in [6, 6.07) is 12.0. The van der Waals surface area contributed by atoms with Crippen LogP contribution < -0.4 is 10.6 Å². The summed E-state index contributed by atoms with van der Waals surface area (Å²) in [4.78, 5) is 6.39. The van der Waals surface area contributed by atoms with Crippen LogP contribution in [-0.4, -0.2) is 21.6 Å². The number of hydrogen-bond donors (Lipinski definition) is 1. The SMILES string of the molecule is CN(c1ccc(Br)cc1)c1ccc2nc(CN)cn2n1. The van der Waals surface area contributed by atoms with Crippen molar-refractivity contribution in [3.8, 4) is 0 Å². The van der Waals surface area contributed by atoms with E-state index in [0.717, 1.165) is 27.3 Å². The molecule has 0 radical (unpaired) electrons. The molecule has 2 heterocycles. The second kappa shape index (κ2) is 5.22. The van der Waals surface area contributed by atoms with Gasteiger partial charge >= 0.3 is 0 Å². The first-order valence-electron chi connectivity index (χ1n) is 6.22. The van der Waals surface area contributed by atoms with Crippen molar-refractivity contribution in [3.63, 3.8) is 0 Å². The van der Waals surface area contributed by atoms with Crippen LogP contribution in [0.5, 0.6) is 0 Å². The maximum Gasteiger partial charge on any atom is 0.153 e. The largest absolute Gasteiger partial charge is 0.328 e. The molecule has 0 amide bonds. The number of halogens is 1. The summed E-state index contributed by atoms with van der Waals surface area (Å²) in [6.07, 6.45) is 1.86. The number of nitrogens with two attached hydrogens (primary N) is 1. The Morgan fingerprint density at radius 3 is 2.65 bits per heavy atom. The van der Waals surface area contributed by atoms with Gasteiger partial charge in [0.1, 0.15) is 0 Å². The third-order valence-corrected chi connectivity index (χ3v) is 3.65. The average molecular weight is 332 g/mol. The summed E-state index contributed by atoms with van der Waals surface area (Å²) in [5, 5.41) is 4.56. The van der Waals surface area contributed by atoms with Crippen molar-refractivity contribution in [2.75, 3.05) is 11.9 Å². The zero-order valence-corrected chi connectivity index (χ0v) is 12.6. The second-order valence-electron chi connectivity index (χ2n) is 4.47. The van der Waals surface area contributed by atoms with E-state index in [2.05, 4.69) is 26.0 Å². The topological polar surface area (TPSA) is 59.5 Å². The number of fused-ring (bicyclic) bond motifs is 1. The molecule has 0 fully saturated rings. The van der Waals surface area contributed by atoms with E-state index in [-0.39, 0.29) is 0 Å². The molecule has 1 aromatic carbocycles. The van der Waals surface area contributed by atoms with E-state index in [9.17, 15) is 0 Å². The van der Waals surface area contributed by atoms with Crippen molar-refractivity contribution in [2.24, 2.45) is 5.73 Å². The van der Waals surface area contributed by atoms with E-state index >= 15 is 0 Å². The Kier molecular flexibility index (Phi) is 3.42. The van der Waals surface area contributed by atoms with Crippen LogP contribution in [0, 0.1) is 0 Å². The fourth-order valence-corrected chi connectivity index (χ4v) is 2.26. The van der Waals surface area contributed by atoms with Crippen LogP contribution in [0.25, 0.3) is 5.65 Å². The van der Waals surface area contributed by atoms with Gasteiger partial charge in [-0.25, -0.2) is 9.50 Å². The minimum absolute atomic E-state index is 0.418. The molecule has 0 aliphatic heterocycles. The monoisotopic (exact) mass is 331 g/mol. The maximum absolute atomic E-state index is 5.60. The van der Waals surface area contributed by atoms with Crippen LogP contribution in [0.2, 0.25) is 0 Å². The van der Waals surface area contributed by atoms with Gasteiger partial charge in [0, 0.05) is 23.8 Å². The van der Waals surface area contributed by atoms with Crippen molar-refractivity contribution >= 4 is 33.1 Å². The highest BCUT2D eigenvalue weighted by atomic mass is 79.9. The van der Waals surface area contributed by atoms with Crippen molar-refractivity contribution < 1.29 is 0 Å². The predicted molar refractivity (Wildman–Crippen MR) is 83.1 cm³/mol. The van der Waals surface area contributed by atoms with E-state index < -0.39 is 0 Å². The number of aromatic nitrogens is 3. The van der Waals surface area contributed by atoms with Crippen molar-refractivity contribution in [1.29, 1.82) is 0 Å². The van der Waals surface area contributed by atoms with Crippen LogP contribution >= 0.6 is 15.9 Å². The lowest BCUT2D eigenvalue weighted by molar-refractivity contribution is 0.909. The summed E-state index contributed by atoms with van der Waals surface area (Å²) in [7, 11) is 1.98. The smallest absolute Gasteiger partial charge is 0.153 e. The first-order chi connectivity index (χ1) is 9.67. The molecule has 3 aromatic rings. The van der Waals surface area contributed by atoms with Crippen LogP contribution in [0.3, 0.4) is 0 Å². The highest BCUT2D eigenvalue weighted by molar-refractivity contribution is 9.10. The summed E-state index contributed by atoms with van der Waals surface area (Å²) < 4.78 is 2.81. The molecule has 2 N–H and O–H groups in total. The summed E-state index contributed by atoms with van der Waals surface area (Å²) in [5.41, 5.74) is 8.31. The van der Waals surface area contributed by atoms with Gasteiger partial charge in [-0.2, -0.15) is 0 Å². The number of benzene rings is 1. The summed E-state index contributed by atoms with van der Waals surface area (Å²) in [6.45, 7) is 0.418. The third-order valence-electron chi connectivity index (χ3n) is 3.12. The quantitative estimate of drug-likeness (QED) is 0.801. The van der Waals surface area contributed by atoms with Crippen LogP contribution in [0.4, 0.5) is 11.5 Å². The Labute approximate surface area is 125 Å². The fraction of sp³-hybridized carbons (Fsp3) is 0.143. The van der Waals surface area contributed by atoms with Gasteiger partial charge in [-0.15, -0.1) is 5.10 Å². The molecule has 6 heteroatoms. The molecular weight excluding hydrogens is 318 g/mol. The molecule has 0 atom stereocenters. The molecule has 0 saturated heterocycles. The normalized spacial score (nSPS) is 10.9. The minimum atomic E-state index is 0.418. The average Bonchev–Trinajstić information content (AvgIpc) is 2.89. The van der Waals surface area contributed by atoms with E-state index in [1.54, 1.807) is 4.52 Å². The Balaban J connectivity index is 1.98. The third kappa shape index (κ3) is 2.39. The molecular formula is C14H14BrN5. The zero-order chi connectivity index (χ0) is 14.1. The standard InChI is InChI=1S/C14H14BrN5/c1-19(12-4-2-10(15)3-5-12)14-7-6-13-17-11(8-16)9-20(13)18-14/h2-7,9H,8,16H2,1H3. The zero-order valence-electron chi connectivity index (χ0n) is 11.0. The highest BCUT2D eigenvalue weighted by Gasteiger charge is 2.08. The van der Waals surface area contributed by atoms with Crippen LogP contribution in [0.15, 0.2) is 47.1 Å². The van der Waals surface area contributed by atoms with Gasteiger partial charge in [0.05, 0.1) is 11.9 Å². The molecule has 20 heavy (non-hydrogen) atoms. The molecule has 0 unspecified atom stereocenters. The number of hydrogen-bond acceptors (Lipinski definition) is 4. The van der Waals surface area contributed by atoms with Crippen LogP contribution in [0.1, 0.15) is 5.69 Å². The van der Waals surface area contributed by atoms with Gasteiger partial charge in [0.15, 0.2) is 11.5 Å². The van der Waals surface area contributed by atoms with Gasteiger partial charge in [-0.1, -0.05) is 15.9 Å². The predicted octanol–water partition coefficient (Wildman–Crippen LogP) is 2.72. The molecule has 5 nitrogen and oxygen atoms in total. The Morgan fingerprint density at radius 1 is 1.20 bits per heavy atom. The fourth-order valence-electron chi connectivity index (χ4n) is 2.00. The van der Waals surface area contributed by atoms with Crippen molar-refractivity contribution in [2.45, 2.75) is 6.54 Å². The lowest BCUT2D eigenvalue weighted by atomic mass is 10.3. The number of anilines is 2. The summed E-state index contributed by atoms with van der Waals surface area (Å²) >= 11 is 3.44. The molecule has 0 spiro atoms. The molecule has 2 aromatic heterocycles. The van der Waals surface area contributed by atoms with Crippen molar-refractivity contribution in [1.82, 2.24) is 14.6 Å². The van der Waals surface area contributed by atoms with Gasteiger partial charge < -0.3 is 10.6 Å². The molecule has 0 bridgehead atoms. The lowest BCUT2D eigenvalue weighted by Crippen LogP contribution is -2.12. The molecule has 0 aliphatic rings. The molecule has 0 saturated carbocycles. The van der Waals surface area contributed by atoms with Crippen LogP contribution in [-0.2, 0) is 6.54 Å². The van der Waals surface area contributed by atoms with Gasteiger partial charge in [-0.05, 0) is 36.4 Å². The molecule has 0 aliphatic carbocycles. The molecule has 3 rings (SSSR count). The number of rotatable bonds is 3. The Morgan fingerprint density at radius 2 is 1.95 bits per heavy atom. The van der Waals surface area contributed by atoms with E-state index in [1.807, 2.05) is 54.5 Å². The Hall–Kier alpha value is -1.92. The first-order valence-corrected chi connectivity index (χ1v) is 7.01. The number of nitrogens with zero attached hydrogens (tertiary/aromatic N) is 4. The maximum atomic E-state index is 5.60. The Bertz CT molecular complexity index is 735. The summed E-state index contributed by atoms with van der Waals surface area (Å²) in [5.74, 6) is 0.848. The number of imidazole rings is 1. The van der Waals surface area contributed by atoms with Gasteiger partial charge in [0.25, 0.3) is 0 Å². The van der Waals surface area contributed by atoms with Gasteiger partial charge in [-0.3, -0.25) is 0 Å². The van der Waals surface area contributed by atoms with E-state index in [1.165, 1.54) is 0 Å². The lowest BCUT2D eigenvalue weighted by Gasteiger charge is -2.18. The molecule has 102 valence electrons.